The van der Waals surface area contributed by atoms with Crippen molar-refractivity contribution < 1.29 is 0 Å². The highest BCUT2D eigenvalue weighted by Crippen LogP contribution is 2.59. The second kappa shape index (κ2) is 12.8. The third-order valence-corrected chi connectivity index (χ3v) is 11.5. The summed E-state index contributed by atoms with van der Waals surface area (Å²) in [7, 11) is 0. The van der Waals surface area contributed by atoms with Crippen molar-refractivity contribution in [3.63, 3.8) is 0 Å². The summed E-state index contributed by atoms with van der Waals surface area (Å²) < 4.78 is 2.30. The lowest BCUT2D eigenvalue weighted by Gasteiger charge is -2.37. The molecule has 2 aliphatic carbocycles. The van der Waals surface area contributed by atoms with E-state index >= 15 is 0 Å². The third kappa shape index (κ3) is 4.85. The smallest absolute Gasteiger partial charge is 0.0764 e. The Hall–Kier alpha value is -6.71. The molecule has 1 aromatic heterocycles. The first-order chi connectivity index (χ1) is 26.6. The van der Waals surface area contributed by atoms with E-state index in [4.69, 9.17) is 0 Å². The van der Waals surface area contributed by atoms with Crippen LogP contribution in [0, 0.1) is 11.3 Å². The van der Waals surface area contributed by atoms with E-state index in [1.807, 2.05) is 12.1 Å². The van der Waals surface area contributed by atoms with E-state index < -0.39 is 5.41 Å². The van der Waals surface area contributed by atoms with E-state index in [1.54, 1.807) is 0 Å². The van der Waals surface area contributed by atoms with Crippen molar-refractivity contribution in [1.29, 1.82) is 5.41 Å². The first-order valence-corrected chi connectivity index (χ1v) is 18.8. The van der Waals surface area contributed by atoms with Crippen LogP contribution in [0.2, 0.25) is 0 Å². The second-order valence-electron chi connectivity index (χ2n) is 14.6. The summed E-state index contributed by atoms with van der Waals surface area (Å²) in [5, 5.41) is 11.9. The predicted octanol–water partition coefficient (Wildman–Crippen LogP) is 12.6. The number of anilines is 1. The normalized spacial score (nSPS) is 17.3. The summed E-state index contributed by atoms with van der Waals surface area (Å²) in [6.07, 6.45) is 8.26. The summed E-state index contributed by atoms with van der Waals surface area (Å²) in [6.45, 7) is 2.32. The van der Waals surface area contributed by atoms with Crippen LogP contribution in [0.3, 0.4) is 0 Å². The SMILES string of the molecule is CC1C=C(C2(c3ccccc3)c3ccccc3-c3ccc4c5ccccc5n(Nc5ccccc5C(=N)c5ccc(-c6ccccc6)cc5)c4c32)C=CC1. The van der Waals surface area contributed by atoms with Gasteiger partial charge in [-0.2, -0.15) is 0 Å². The van der Waals surface area contributed by atoms with Crippen molar-refractivity contribution in [1.82, 2.24) is 4.68 Å². The molecule has 0 fully saturated rings. The molecule has 10 rings (SSSR count). The Kier molecular flexibility index (Phi) is 7.55. The lowest BCUT2D eigenvalue weighted by molar-refractivity contribution is 0.684. The zero-order chi connectivity index (χ0) is 36.2. The van der Waals surface area contributed by atoms with Gasteiger partial charge in [0.2, 0.25) is 0 Å². The van der Waals surface area contributed by atoms with Gasteiger partial charge in [0.1, 0.15) is 0 Å². The van der Waals surface area contributed by atoms with Crippen molar-refractivity contribution in [2.45, 2.75) is 18.8 Å². The largest absolute Gasteiger partial charge is 0.300 e. The lowest BCUT2D eigenvalue weighted by atomic mass is 9.65. The Morgan fingerprint density at radius 3 is 2.15 bits per heavy atom. The molecular formula is C51H39N3. The molecule has 2 atom stereocenters. The van der Waals surface area contributed by atoms with Gasteiger partial charge in [-0.15, -0.1) is 0 Å². The topological polar surface area (TPSA) is 40.8 Å². The number of aromatic nitrogens is 1. The van der Waals surface area contributed by atoms with Gasteiger partial charge < -0.3 is 0 Å². The molecule has 0 saturated carbocycles. The molecule has 0 amide bonds. The quantitative estimate of drug-likeness (QED) is 0.160. The molecule has 3 nitrogen and oxygen atoms in total. The van der Waals surface area contributed by atoms with E-state index in [0.717, 1.165) is 39.8 Å². The highest BCUT2D eigenvalue weighted by atomic mass is 15.4. The van der Waals surface area contributed by atoms with Crippen LogP contribution in [0.1, 0.15) is 41.2 Å². The number of hydrogen-bond acceptors (Lipinski definition) is 2. The summed E-state index contributed by atoms with van der Waals surface area (Å²) >= 11 is 0. The fraction of sp³-hybridized carbons (Fsp3) is 0.0784. The molecule has 7 aromatic carbocycles. The maximum absolute atomic E-state index is 9.52. The van der Waals surface area contributed by atoms with Gasteiger partial charge in [-0.3, -0.25) is 15.5 Å². The summed E-state index contributed by atoms with van der Waals surface area (Å²) in [6, 6.07) is 60.4. The van der Waals surface area contributed by atoms with Gasteiger partial charge in [0.05, 0.1) is 27.8 Å². The number of fused-ring (bicyclic) bond motifs is 7. The number of benzene rings is 7. The molecule has 2 aliphatic rings. The van der Waals surface area contributed by atoms with Crippen LogP contribution in [-0.4, -0.2) is 10.4 Å². The molecule has 54 heavy (non-hydrogen) atoms. The number of hydrogen-bond donors (Lipinski definition) is 2. The zero-order valence-electron chi connectivity index (χ0n) is 30.1. The van der Waals surface area contributed by atoms with Crippen molar-refractivity contribution in [3.8, 4) is 22.3 Å². The van der Waals surface area contributed by atoms with E-state index in [2.05, 4.69) is 193 Å². The van der Waals surface area contributed by atoms with Gasteiger partial charge in [-0.05, 0) is 63.4 Å². The molecule has 1 heterocycles. The molecule has 0 bridgehead atoms. The maximum Gasteiger partial charge on any atom is 0.0764 e. The average molecular weight is 694 g/mol. The van der Waals surface area contributed by atoms with Crippen LogP contribution in [-0.2, 0) is 5.41 Å². The first-order valence-electron chi connectivity index (χ1n) is 18.8. The molecule has 258 valence electrons. The van der Waals surface area contributed by atoms with Gasteiger partial charge >= 0.3 is 0 Å². The minimum Gasteiger partial charge on any atom is -0.300 e. The number of allylic oxidation sites excluding steroid dienone is 4. The van der Waals surface area contributed by atoms with Crippen LogP contribution in [0.25, 0.3) is 44.1 Å². The van der Waals surface area contributed by atoms with Gasteiger partial charge in [0, 0.05) is 27.5 Å². The van der Waals surface area contributed by atoms with Crippen LogP contribution in [0.15, 0.2) is 194 Å². The van der Waals surface area contributed by atoms with E-state index in [-0.39, 0.29) is 0 Å². The minimum atomic E-state index is -0.543. The molecule has 3 heteroatoms. The van der Waals surface area contributed by atoms with Crippen LogP contribution < -0.4 is 5.43 Å². The van der Waals surface area contributed by atoms with Crippen LogP contribution >= 0.6 is 0 Å². The summed E-state index contributed by atoms with van der Waals surface area (Å²) in [5.74, 6) is 0.421. The zero-order valence-corrected chi connectivity index (χ0v) is 30.1. The van der Waals surface area contributed by atoms with Gasteiger partial charge in [-0.1, -0.05) is 183 Å². The fourth-order valence-electron chi connectivity index (χ4n) is 9.04. The second-order valence-corrected chi connectivity index (χ2v) is 14.6. The summed E-state index contributed by atoms with van der Waals surface area (Å²) in [5.41, 5.74) is 18.7. The molecule has 0 spiro atoms. The summed E-state index contributed by atoms with van der Waals surface area (Å²) in [4.78, 5) is 0. The first kappa shape index (κ1) is 32.0. The highest BCUT2D eigenvalue weighted by molar-refractivity contribution is 6.16. The number of nitrogens with zero attached hydrogens (tertiary/aromatic N) is 1. The Balaban J connectivity index is 1.21. The van der Waals surface area contributed by atoms with Crippen molar-refractivity contribution >= 4 is 33.2 Å². The maximum atomic E-state index is 9.52. The fourth-order valence-corrected chi connectivity index (χ4v) is 9.04. The minimum absolute atomic E-state index is 0.421. The van der Waals surface area contributed by atoms with E-state index in [1.165, 1.54) is 49.7 Å². The standard InChI is InChI=1S/C51H39N3/c1-34-15-14-20-39(33-34)51(38-18-6-3-7-19-38)45-24-11-8-21-40(45)42-31-32-43-41-22-10-13-26-47(41)54(50(43)48(42)51)53-46-25-12-9-23-44(46)49(52)37-29-27-36(28-30-37)35-16-4-2-5-17-35/h2-14,16-34,52-53H,15H2,1H3. The average Bonchev–Trinajstić information content (AvgIpc) is 3.72. The Morgan fingerprint density at radius 1 is 0.648 bits per heavy atom. The van der Waals surface area contributed by atoms with E-state index in [0.29, 0.717) is 11.6 Å². The molecule has 0 radical (unpaired) electrons. The van der Waals surface area contributed by atoms with Crippen LogP contribution in [0.4, 0.5) is 5.69 Å². The van der Waals surface area contributed by atoms with Crippen molar-refractivity contribution in [2.24, 2.45) is 5.92 Å². The number of para-hydroxylation sites is 2. The van der Waals surface area contributed by atoms with Crippen molar-refractivity contribution in [2.75, 3.05) is 5.43 Å². The lowest BCUT2D eigenvalue weighted by Crippen LogP contribution is -2.31. The highest BCUT2D eigenvalue weighted by Gasteiger charge is 2.49. The van der Waals surface area contributed by atoms with Gasteiger partial charge in [0.15, 0.2) is 0 Å². The van der Waals surface area contributed by atoms with Gasteiger partial charge in [-0.25, -0.2) is 0 Å². The molecule has 0 aliphatic heterocycles. The number of rotatable bonds is 7. The molecule has 2 N–H and O–H groups in total. The van der Waals surface area contributed by atoms with Crippen LogP contribution in [0.5, 0.6) is 0 Å². The predicted molar refractivity (Wildman–Crippen MR) is 225 cm³/mol. The van der Waals surface area contributed by atoms with Crippen molar-refractivity contribution in [3.05, 3.63) is 221 Å². The monoisotopic (exact) mass is 693 g/mol. The van der Waals surface area contributed by atoms with Gasteiger partial charge in [0.25, 0.3) is 0 Å². The molecule has 0 saturated heterocycles. The number of nitrogens with one attached hydrogen (secondary N) is 2. The van der Waals surface area contributed by atoms with E-state index in [9.17, 15) is 5.41 Å². The molecule has 8 aromatic rings. The Morgan fingerprint density at radius 2 is 1.33 bits per heavy atom. The Labute approximate surface area is 316 Å². The Bertz CT molecular complexity index is 2790. The molecule has 2 unspecified atom stereocenters. The third-order valence-electron chi connectivity index (χ3n) is 11.5. The molecular weight excluding hydrogens is 655 g/mol.